The molecule has 3 aromatic rings. The third-order valence-electron chi connectivity index (χ3n) is 4.15. The van der Waals surface area contributed by atoms with Gasteiger partial charge in [0.25, 0.3) is 5.91 Å². The lowest BCUT2D eigenvalue weighted by atomic mass is 10.1. The van der Waals surface area contributed by atoms with Gasteiger partial charge >= 0.3 is 0 Å². The summed E-state index contributed by atoms with van der Waals surface area (Å²) in [6, 6.07) is 23.0. The van der Waals surface area contributed by atoms with Crippen molar-refractivity contribution >= 4 is 5.91 Å². The normalized spacial score (nSPS) is 11.5. The van der Waals surface area contributed by atoms with Gasteiger partial charge in [-0.1, -0.05) is 42.5 Å². The molecule has 3 rings (SSSR count). The van der Waals surface area contributed by atoms with Crippen molar-refractivity contribution in [2.75, 3.05) is 0 Å². The first-order valence-corrected chi connectivity index (χ1v) is 8.17. The van der Waals surface area contributed by atoms with Crippen molar-refractivity contribution in [3.8, 4) is 6.07 Å². The fourth-order valence-electron chi connectivity index (χ4n) is 2.74. The second-order valence-corrected chi connectivity index (χ2v) is 5.94. The number of nitriles is 1. The molecule has 0 bridgehead atoms. The van der Waals surface area contributed by atoms with Gasteiger partial charge in [-0.2, -0.15) is 5.26 Å². The van der Waals surface area contributed by atoms with Crippen molar-refractivity contribution in [1.82, 2.24) is 9.88 Å². The minimum absolute atomic E-state index is 0.113. The highest BCUT2D eigenvalue weighted by Gasteiger charge is 2.15. The zero-order chi connectivity index (χ0) is 17.6. The van der Waals surface area contributed by atoms with Crippen molar-refractivity contribution < 1.29 is 4.79 Å². The molecule has 0 spiro atoms. The van der Waals surface area contributed by atoms with Gasteiger partial charge in [0, 0.05) is 12.7 Å². The first-order valence-electron chi connectivity index (χ1n) is 8.17. The van der Waals surface area contributed by atoms with E-state index in [4.69, 9.17) is 5.26 Å². The Bertz CT molecular complexity index is 889. The average Bonchev–Trinajstić information content (AvgIpc) is 3.11. The van der Waals surface area contributed by atoms with Crippen molar-refractivity contribution in [3.05, 3.63) is 95.3 Å². The van der Waals surface area contributed by atoms with Crippen LogP contribution in [0.25, 0.3) is 0 Å². The molecular formula is C21H19N3O. The largest absolute Gasteiger partial charge is 0.344 e. The Morgan fingerprint density at radius 3 is 2.48 bits per heavy atom. The fraction of sp³-hybridized carbons (Fsp3) is 0.143. The third-order valence-corrected chi connectivity index (χ3v) is 4.15. The predicted octanol–water partition coefficient (Wildman–Crippen LogP) is 3.90. The minimum Gasteiger partial charge on any atom is -0.344 e. The van der Waals surface area contributed by atoms with E-state index in [9.17, 15) is 4.79 Å². The van der Waals surface area contributed by atoms with Gasteiger partial charge in [-0.05, 0) is 42.3 Å². The number of carbonyl (C=O) groups excluding carboxylic acids is 1. The van der Waals surface area contributed by atoms with Gasteiger partial charge in [0.1, 0.15) is 5.69 Å². The summed E-state index contributed by atoms with van der Waals surface area (Å²) in [6.07, 6.45) is 1.91. The first kappa shape index (κ1) is 16.5. The minimum atomic E-state index is -0.139. The van der Waals surface area contributed by atoms with E-state index < -0.39 is 0 Å². The Balaban J connectivity index is 1.71. The van der Waals surface area contributed by atoms with Crippen LogP contribution in [0, 0.1) is 11.3 Å². The highest BCUT2D eigenvalue weighted by molar-refractivity contribution is 5.93. The Hall–Kier alpha value is -3.32. The van der Waals surface area contributed by atoms with Crippen molar-refractivity contribution in [1.29, 1.82) is 5.26 Å². The van der Waals surface area contributed by atoms with E-state index in [1.807, 2.05) is 72.3 Å². The number of rotatable bonds is 5. The van der Waals surface area contributed by atoms with E-state index in [1.54, 1.807) is 12.1 Å². The molecule has 1 amide bonds. The van der Waals surface area contributed by atoms with Crippen molar-refractivity contribution in [3.63, 3.8) is 0 Å². The van der Waals surface area contributed by atoms with Crippen LogP contribution in [0.1, 0.15) is 40.1 Å². The molecule has 2 aromatic carbocycles. The van der Waals surface area contributed by atoms with Gasteiger partial charge in [0.2, 0.25) is 0 Å². The quantitative estimate of drug-likeness (QED) is 0.772. The van der Waals surface area contributed by atoms with Crippen LogP contribution in [0.5, 0.6) is 0 Å². The van der Waals surface area contributed by atoms with E-state index >= 15 is 0 Å². The molecule has 4 nitrogen and oxygen atoms in total. The molecule has 1 unspecified atom stereocenters. The van der Waals surface area contributed by atoms with Crippen LogP contribution >= 0.6 is 0 Å². The van der Waals surface area contributed by atoms with Gasteiger partial charge in [-0.25, -0.2) is 0 Å². The summed E-state index contributed by atoms with van der Waals surface area (Å²) in [6.45, 7) is 2.59. The molecule has 0 saturated heterocycles. The second-order valence-electron chi connectivity index (χ2n) is 5.94. The van der Waals surface area contributed by atoms with Crippen LogP contribution in [0.4, 0.5) is 0 Å². The van der Waals surface area contributed by atoms with Crippen LogP contribution in [-0.2, 0) is 6.54 Å². The Morgan fingerprint density at radius 1 is 1.08 bits per heavy atom. The number of hydrogen-bond donors (Lipinski definition) is 1. The Labute approximate surface area is 147 Å². The molecule has 0 fully saturated rings. The maximum Gasteiger partial charge on any atom is 0.268 e. The SMILES string of the molecule is CC(NC(=O)c1cccn1Cc1ccccc1)c1ccc(C#N)cc1. The average molecular weight is 329 g/mol. The lowest BCUT2D eigenvalue weighted by molar-refractivity contribution is 0.0931. The van der Waals surface area contributed by atoms with Crippen LogP contribution < -0.4 is 5.32 Å². The van der Waals surface area contributed by atoms with Gasteiger partial charge in [0.15, 0.2) is 0 Å². The second kappa shape index (κ2) is 7.50. The van der Waals surface area contributed by atoms with Crippen molar-refractivity contribution in [2.24, 2.45) is 0 Å². The number of hydrogen-bond acceptors (Lipinski definition) is 2. The molecule has 1 atom stereocenters. The van der Waals surface area contributed by atoms with Crippen LogP contribution in [-0.4, -0.2) is 10.5 Å². The summed E-state index contributed by atoms with van der Waals surface area (Å²) in [5.74, 6) is -0.113. The number of nitrogens with zero attached hydrogens (tertiary/aromatic N) is 2. The highest BCUT2D eigenvalue weighted by atomic mass is 16.2. The molecule has 1 aromatic heterocycles. The lowest BCUT2D eigenvalue weighted by Crippen LogP contribution is -2.28. The number of nitrogens with one attached hydrogen (secondary N) is 1. The summed E-state index contributed by atoms with van der Waals surface area (Å²) < 4.78 is 1.94. The molecular weight excluding hydrogens is 310 g/mol. The van der Waals surface area contributed by atoms with E-state index in [1.165, 1.54) is 0 Å². The van der Waals surface area contributed by atoms with Gasteiger partial charge < -0.3 is 9.88 Å². The van der Waals surface area contributed by atoms with Gasteiger partial charge in [0.05, 0.1) is 17.7 Å². The maximum absolute atomic E-state index is 12.6. The molecule has 4 heteroatoms. The highest BCUT2D eigenvalue weighted by Crippen LogP contribution is 2.15. The van der Waals surface area contributed by atoms with Crippen LogP contribution in [0.3, 0.4) is 0 Å². The maximum atomic E-state index is 12.6. The molecule has 1 N–H and O–H groups in total. The molecule has 0 aliphatic heterocycles. The van der Waals surface area contributed by atoms with E-state index in [2.05, 4.69) is 11.4 Å². The fourth-order valence-corrected chi connectivity index (χ4v) is 2.74. The smallest absolute Gasteiger partial charge is 0.268 e. The summed E-state index contributed by atoms with van der Waals surface area (Å²) >= 11 is 0. The first-order chi connectivity index (χ1) is 12.2. The molecule has 1 heterocycles. The van der Waals surface area contributed by atoms with Crippen LogP contribution in [0.15, 0.2) is 72.9 Å². The standard InChI is InChI=1S/C21H19N3O/c1-16(19-11-9-17(14-22)10-12-19)23-21(25)20-8-5-13-24(20)15-18-6-3-2-4-7-18/h2-13,16H,15H2,1H3,(H,23,25). The van der Waals surface area contributed by atoms with E-state index in [0.717, 1.165) is 11.1 Å². The van der Waals surface area contributed by atoms with Gasteiger partial charge in [-0.15, -0.1) is 0 Å². The molecule has 25 heavy (non-hydrogen) atoms. The number of amides is 1. The Morgan fingerprint density at radius 2 is 1.80 bits per heavy atom. The molecule has 0 radical (unpaired) electrons. The lowest BCUT2D eigenvalue weighted by Gasteiger charge is -2.16. The number of carbonyl (C=O) groups is 1. The summed E-state index contributed by atoms with van der Waals surface area (Å²) in [7, 11) is 0. The summed E-state index contributed by atoms with van der Waals surface area (Å²) in [4.78, 5) is 12.6. The third kappa shape index (κ3) is 3.96. The molecule has 0 saturated carbocycles. The summed E-state index contributed by atoms with van der Waals surface area (Å²) in [5, 5.41) is 11.9. The molecule has 124 valence electrons. The number of benzene rings is 2. The molecule has 0 aliphatic rings. The number of aromatic nitrogens is 1. The Kier molecular flexibility index (Phi) is 4.96. The van der Waals surface area contributed by atoms with E-state index in [0.29, 0.717) is 17.8 Å². The van der Waals surface area contributed by atoms with Crippen molar-refractivity contribution in [2.45, 2.75) is 19.5 Å². The van der Waals surface area contributed by atoms with Gasteiger partial charge in [-0.3, -0.25) is 4.79 Å². The predicted molar refractivity (Wildman–Crippen MR) is 97.0 cm³/mol. The van der Waals surface area contributed by atoms with Crippen LogP contribution in [0.2, 0.25) is 0 Å². The van der Waals surface area contributed by atoms with E-state index in [-0.39, 0.29) is 11.9 Å². The zero-order valence-corrected chi connectivity index (χ0v) is 14.0. The summed E-state index contributed by atoms with van der Waals surface area (Å²) in [5.41, 5.74) is 3.35. The topological polar surface area (TPSA) is 57.8 Å². The monoisotopic (exact) mass is 329 g/mol. The zero-order valence-electron chi connectivity index (χ0n) is 14.0. The molecule has 0 aliphatic carbocycles.